The molecule has 0 atom stereocenters. The highest BCUT2D eigenvalue weighted by molar-refractivity contribution is 6.30. The standard InChI is InChI=1S/C16H18ClFN2/c1-20(2)11-13-6-3-4-9-15(13)19-10-12-7-5-8-14(17)16(12)18/h3-9,19H,10-11H2,1-2H3. The van der Waals surface area contributed by atoms with Gasteiger partial charge < -0.3 is 10.2 Å². The first kappa shape index (κ1) is 14.8. The second kappa shape index (κ2) is 6.73. The molecule has 0 saturated carbocycles. The van der Waals surface area contributed by atoms with Gasteiger partial charge in [0.25, 0.3) is 0 Å². The van der Waals surface area contributed by atoms with Crippen LogP contribution in [0, 0.1) is 5.82 Å². The number of para-hydroxylation sites is 1. The van der Waals surface area contributed by atoms with Gasteiger partial charge in [-0.2, -0.15) is 0 Å². The van der Waals surface area contributed by atoms with Crippen molar-refractivity contribution in [3.8, 4) is 0 Å². The normalized spacial score (nSPS) is 10.8. The topological polar surface area (TPSA) is 15.3 Å². The van der Waals surface area contributed by atoms with E-state index in [1.807, 2.05) is 32.3 Å². The van der Waals surface area contributed by atoms with Gasteiger partial charge in [-0.25, -0.2) is 4.39 Å². The zero-order valence-electron chi connectivity index (χ0n) is 11.7. The van der Waals surface area contributed by atoms with Gasteiger partial charge in [0.1, 0.15) is 5.82 Å². The Morgan fingerprint density at radius 3 is 2.50 bits per heavy atom. The van der Waals surface area contributed by atoms with E-state index in [4.69, 9.17) is 11.6 Å². The van der Waals surface area contributed by atoms with E-state index >= 15 is 0 Å². The number of anilines is 1. The number of nitrogens with zero attached hydrogens (tertiary/aromatic N) is 1. The van der Waals surface area contributed by atoms with Crippen LogP contribution >= 0.6 is 11.6 Å². The van der Waals surface area contributed by atoms with Crippen molar-refractivity contribution < 1.29 is 4.39 Å². The molecule has 4 heteroatoms. The monoisotopic (exact) mass is 292 g/mol. The number of halogens is 2. The summed E-state index contributed by atoms with van der Waals surface area (Å²) in [4.78, 5) is 2.10. The maximum Gasteiger partial charge on any atom is 0.146 e. The molecule has 0 fully saturated rings. The third kappa shape index (κ3) is 3.71. The minimum atomic E-state index is -0.355. The lowest BCUT2D eigenvalue weighted by Crippen LogP contribution is -2.13. The van der Waals surface area contributed by atoms with Crippen LogP contribution in [0.2, 0.25) is 5.02 Å². The molecule has 106 valence electrons. The largest absolute Gasteiger partial charge is 0.381 e. The Morgan fingerprint density at radius 2 is 1.75 bits per heavy atom. The Morgan fingerprint density at radius 1 is 1.05 bits per heavy atom. The van der Waals surface area contributed by atoms with Gasteiger partial charge in [-0.3, -0.25) is 0 Å². The first-order chi connectivity index (χ1) is 9.58. The predicted molar refractivity (Wildman–Crippen MR) is 82.6 cm³/mol. The molecule has 0 bridgehead atoms. The number of rotatable bonds is 5. The third-order valence-electron chi connectivity index (χ3n) is 3.00. The van der Waals surface area contributed by atoms with Crippen molar-refractivity contribution in [2.24, 2.45) is 0 Å². The van der Waals surface area contributed by atoms with Crippen LogP contribution in [0.5, 0.6) is 0 Å². The minimum absolute atomic E-state index is 0.158. The summed E-state index contributed by atoms with van der Waals surface area (Å²) in [5.74, 6) is -0.355. The number of hydrogen-bond acceptors (Lipinski definition) is 2. The van der Waals surface area contributed by atoms with E-state index in [0.29, 0.717) is 12.1 Å². The van der Waals surface area contributed by atoms with E-state index in [1.54, 1.807) is 18.2 Å². The SMILES string of the molecule is CN(C)Cc1ccccc1NCc1cccc(Cl)c1F. The van der Waals surface area contributed by atoms with Gasteiger partial charge in [0, 0.05) is 24.3 Å². The summed E-state index contributed by atoms with van der Waals surface area (Å²) < 4.78 is 13.8. The fraction of sp³-hybridized carbons (Fsp3) is 0.250. The van der Waals surface area contributed by atoms with Gasteiger partial charge >= 0.3 is 0 Å². The van der Waals surface area contributed by atoms with Crippen molar-refractivity contribution in [3.05, 3.63) is 64.4 Å². The zero-order valence-corrected chi connectivity index (χ0v) is 12.4. The minimum Gasteiger partial charge on any atom is -0.381 e. The Kier molecular flexibility index (Phi) is 4.99. The summed E-state index contributed by atoms with van der Waals surface area (Å²) >= 11 is 5.79. The van der Waals surface area contributed by atoms with Crippen molar-refractivity contribution >= 4 is 17.3 Å². The molecular weight excluding hydrogens is 275 g/mol. The fourth-order valence-electron chi connectivity index (χ4n) is 2.05. The Balaban J connectivity index is 2.13. The molecule has 0 aliphatic rings. The molecule has 20 heavy (non-hydrogen) atoms. The molecule has 0 amide bonds. The van der Waals surface area contributed by atoms with Crippen molar-refractivity contribution in [2.75, 3.05) is 19.4 Å². The molecule has 0 unspecified atom stereocenters. The van der Waals surface area contributed by atoms with Crippen LogP contribution < -0.4 is 5.32 Å². The van der Waals surface area contributed by atoms with Crippen LogP contribution in [0.25, 0.3) is 0 Å². The molecule has 0 aromatic heterocycles. The molecule has 0 radical (unpaired) electrons. The van der Waals surface area contributed by atoms with Crippen LogP contribution in [0.4, 0.5) is 10.1 Å². The van der Waals surface area contributed by atoms with E-state index in [2.05, 4.69) is 16.3 Å². The second-order valence-electron chi connectivity index (χ2n) is 4.96. The summed E-state index contributed by atoms with van der Waals surface area (Å²) in [6, 6.07) is 13.1. The molecule has 2 rings (SSSR count). The molecule has 0 aliphatic carbocycles. The lowest BCUT2D eigenvalue weighted by Gasteiger charge is -2.16. The average Bonchev–Trinajstić information content (AvgIpc) is 2.41. The first-order valence-electron chi connectivity index (χ1n) is 6.47. The summed E-state index contributed by atoms with van der Waals surface area (Å²) in [5, 5.41) is 3.44. The molecular formula is C16H18ClFN2. The maximum atomic E-state index is 13.8. The fourth-order valence-corrected chi connectivity index (χ4v) is 2.24. The summed E-state index contributed by atoms with van der Waals surface area (Å²) in [6.45, 7) is 1.25. The van der Waals surface area contributed by atoms with Crippen molar-refractivity contribution in [1.82, 2.24) is 4.90 Å². The highest BCUT2D eigenvalue weighted by Crippen LogP contribution is 2.21. The molecule has 0 saturated heterocycles. The van der Waals surface area contributed by atoms with Crippen LogP contribution in [0.1, 0.15) is 11.1 Å². The Labute approximate surface area is 124 Å². The lowest BCUT2D eigenvalue weighted by atomic mass is 10.1. The molecule has 2 nitrogen and oxygen atoms in total. The lowest BCUT2D eigenvalue weighted by molar-refractivity contribution is 0.403. The smallest absolute Gasteiger partial charge is 0.146 e. The second-order valence-corrected chi connectivity index (χ2v) is 5.37. The quantitative estimate of drug-likeness (QED) is 0.890. The molecule has 0 aliphatic heterocycles. The van der Waals surface area contributed by atoms with E-state index in [0.717, 1.165) is 12.2 Å². The first-order valence-corrected chi connectivity index (χ1v) is 6.85. The Hall–Kier alpha value is -1.58. The summed E-state index contributed by atoms with van der Waals surface area (Å²) in [6.07, 6.45) is 0. The van der Waals surface area contributed by atoms with E-state index in [-0.39, 0.29) is 10.8 Å². The average molecular weight is 293 g/mol. The van der Waals surface area contributed by atoms with Gasteiger partial charge in [-0.15, -0.1) is 0 Å². The van der Waals surface area contributed by atoms with E-state index in [9.17, 15) is 4.39 Å². The van der Waals surface area contributed by atoms with Crippen LogP contribution in [-0.2, 0) is 13.1 Å². The highest BCUT2D eigenvalue weighted by atomic mass is 35.5. The van der Waals surface area contributed by atoms with Gasteiger partial charge in [0.05, 0.1) is 5.02 Å². The molecule has 2 aromatic rings. The Bertz CT molecular complexity index is 584. The van der Waals surface area contributed by atoms with Gasteiger partial charge in [0.15, 0.2) is 0 Å². The van der Waals surface area contributed by atoms with Crippen molar-refractivity contribution in [3.63, 3.8) is 0 Å². The molecule has 2 aromatic carbocycles. The van der Waals surface area contributed by atoms with Gasteiger partial charge in [0.2, 0.25) is 0 Å². The highest BCUT2D eigenvalue weighted by Gasteiger charge is 2.07. The summed E-state index contributed by atoms with van der Waals surface area (Å²) in [7, 11) is 4.04. The predicted octanol–water partition coefficient (Wildman–Crippen LogP) is 4.15. The van der Waals surface area contributed by atoms with Crippen LogP contribution in [-0.4, -0.2) is 19.0 Å². The number of nitrogens with one attached hydrogen (secondary N) is 1. The summed E-state index contributed by atoms with van der Waals surface area (Å²) in [5.41, 5.74) is 2.76. The van der Waals surface area contributed by atoms with E-state index in [1.165, 1.54) is 5.56 Å². The maximum absolute atomic E-state index is 13.8. The molecule has 0 heterocycles. The third-order valence-corrected chi connectivity index (χ3v) is 3.30. The zero-order chi connectivity index (χ0) is 14.5. The number of benzene rings is 2. The van der Waals surface area contributed by atoms with Crippen LogP contribution in [0.15, 0.2) is 42.5 Å². The van der Waals surface area contributed by atoms with Crippen LogP contribution in [0.3, 0.4) is 0 Å². The van der Waals surface area contributed by atoms with Crippen molar-refractivity contribution in [2.45, 2.75) is 13.1 Å². The van der Waals surface area contributed by atoms with Gasteiger partial charge in [-0.1, -0.05) is 41.9 Å². The van der Waals surface area contributed by atoms with Gasteiger partial charge in [-0.05, 0) is 31.8 Å². The van der Waals surface area contributed by atoms with Crippen molar-refractivity contribution in [1.29, 1.82) is 0 Å². The van der Waals surface area contributed by atoms with E-state index < -0.39 is 0 Å². The number of hydrogen-bond donors (Lipinski definition) is 1. The molecule has 0 spiro atoms. The molecule has 1 N–H and O–H groups in total.